The Morgan fingerprint density at radius 3 is 2.71 bits per heavy atom. The fraction of sp³-hybridized carbons (Fsp3) is 0.118. The van der Waals surface area contributed by atoms with Crippen molar-refractivity contribution >= 4 is 26.7 Å². The topological polar surface area (TPSA) is 48.1 Å². The van der Waals surface area contributed by atoms with Gasteiger partial charge in [-0.15, -0.1) is 0 Å². The summed E-state index contributed by atoms with van der Waals surface area (Å²) in [5.41, 5.74) is 8.47. The standard InChI is InChI=1S/C17H15BrN2O/c1-21-16-7-6-11(8-15(16)18)17(19)14-10-20-9-12-4-2-3-5-13(12)14/h2-10,17H,19H2,1H3. The van der Waals surface area contributed by atoms with E-state index in [4.69, 9.17) is 10.5 Å². The maximum absolute atomic E-state index is 6.44. The zero-order valence-electron chi connectivity index (χ0n) is 11.6. The Hall–Kier alpha value is -1.91. The third kappa shape index (κ3) is 2.64. The average molecular weight is 343 g/mol. The van der Waals surface area contributed by atoms with Crippen LogP contribution in [0.1, 0.15) is 17.2 Å². The number of halogens is 1. The van der Waals surface area contributed by atoms with Crippen LogP contribution in [0.3, 0.4) is 0 Å². The Morgan fingerprint density at radius 2 is 1.95 bits per heavy atom. The Balaban J connectivity index is 2.08. The largest absolute Gasteiger partial charge is 0.496 e. The molecule has 21 heavy (non-hydrogen) atoms. The minimum absolute atomic E-state index is 0.231. The zero-order valence-corrected chi connectivity index (χ0v) is 13.2. The van der Waals surface area contributed by atoms with Crippen molar-refractivity contribution in [2.45, 2.75) is 6.04 Å². The highest BCUT2D eigenvalue weighted by Crippen LogP contribution is 2.31. The normalized spacial score (nSPS) is 12.3. The molecule has 0 saturated heterocycles. The number of hydrogen-bond donors (Lipinski definition) is 1. The van der Waals surface area contributed by atoms with Crippen LogP contribution in [0, 0.1) is 0 Å². The first-order chi connectivity index (χ1) is 10.2. The molecule has 1 atom stereocenters. The van der Waals surface area contributed by atoms with Crippen LogP contribution >= 0.6 is 15.9 Å². The lowest BCUT2D eigenvalue weighted by atomic mass is 9.96. The summed E-state index contributed by atoms with van der Waals surface area (Å²) in [7, 11) is 1.65. The molecule has 0 amide bonds. The molecule has 0 saturated carbocycles. The zero-order chi connectivity index (χ0) is 14.8. The van der Waals surface area contributed by atoms with Gasteiger partial charge in [0.15, 0.2) is 0 Å². The number of methoxy groups -OCH3 is 1. The number of rotatable bonds is 3. The molecule has 0 aliphatic heterocycles. The van der Waals surface area contributed by atoms with E-state index in [-0.39, 0.29) is 6.04 Å². The highest BCUT2D eigenvalue weighted by atomic mass is 79.9. The third-order valence-corrected chi connectivity index (χ3v) is 4.19. The lowest BCUT2D eigenvalue weighted by Crippen LogP contribution is -2.12. The predicted octanol–water partition coefficient (Wildman–Crippen LogP) is 4.05. The summed E-state index contributed by atoms with van der Waals surface area (Å²) in [5.74, 6) is 0.794. The van der Waals surface area contributed by atoms with Gasteiger partial charge in [-0.2, -0.15) is 0 Å². The molecule has 4 heteroatoms. The first-order valence-electron chi connectivity index (χ1n) is 6.62. The van der Waals surface area contributed by atoms with Crippen molar-refractivity contribution in [2.75, 3.05) is 7.11 Å². The fourth-order valence-corrected chi connectivity index (χ4v) is 3.00. The second-order valence-electron chi connectivity index (χ2n) is 4.82. The number of fused-ring (bicyclic) bond motifs is 1. The fourth-order valence-electron chi connectivity index (χ4n) is 2.44. The molecule has 0 radical (unpaired) electrons. The molecule has 0 bridgehead atoms. The van der Waals surface area contributed by atoms with E-state index in [0.29, 0.717) is 0 Å². The van der Waals surface area contributed by atoms with Crippen molar-refractivity contribution in [3.63, 3.8) is 0 Å². The van der Waals surface area contributed by atoms with E-state index in [1.54, 1.807) is 7.11 Å². The van der Waals surface area contributed by atoms with Gasteiger partial charge in [0.2, 0.25) is 0 Å². The number of nitrogens with zero attached hydrogens (tertiary/aromatic N) is 1. The van der Waals surface area contributed by atoms with E-state index >= 15 is 0 Å². The van der Waals surface area contributed by atoms with Gasteiger partial charge in [-0.1, -0.05) is 30.3 Å². The molecule has 0 aliphatic carbocycles. The predicted molar refractivity (Wildman–Crippen MR) is 88.5 cm³/mol. The van der Waals surface area contributed by atoms with Crippen molar-refractivity contribution < 1.29 is 4.74 Å². The molecular weight excluding hydrogens is 328 g/mol. The van der Waals surface area contributed by atoms with Gasteiger partial charge in [0.25, 0.3) is 0 Å². The average Bonchev–Trinajstić information content (AvgIpc) is 2.53. The molecule has 0 aliphatic rings. The van der Waals surface area contributed by atoms with Crippen molar-refractivity contribution in [1.29, 1.82) is 0 Å². The molecule has 1 aromatic heterocycles. The molecule has 0 spiro atoms. The van der Waals surface area contributed by atoms with Crippen molar-refractivity contribution in [3.05, 3.63) is 70.5 Å². The Morgan fingerprint density at radius 1 is 1.14 bits per heavy atom. The number of aromatic nitrogens is 1. The van der Waals surface area contributed by atoms with Crippen LogP contribution in [0.2, 0.25) is 0 Å². The summed E-state index contributed by atoms with van der Waals surface area (Å²) in [6.45, 7) is 0. The van der Waals surface area contributed by atoms with Crippen molar-refractivity contribution in [1.82, 2.24) is 4.98 Å². The molecule has 0 fully saturated rings. The SMILES string of the molecule is COc1ccc(C(N)c2cncc3ccccc23)cc1Br. The summed E-state index contributed by atoms with van der Waals surface area (Å²) >= 11 is 3.50. The number of pyridine rings is 1. The van der Waals surface area contributed by atoms with E-state index in [0.717, 1.165) is 32.1 Å². The van der Waals surface area contributed by atoms with Gasteiger partial charge in [0, 0.05) is 17.8 Å². The molecule has 3 rings (SSSR count). The quantitative estimate of drug-likeness (QED) is 0.780. The van der Waals surface area contributed by atoms with Crippen molar-refractivity contribution in [2.24, 2.45) is 5.73 Å². The minimum Gasteiger partial charge on any atom is -0.496 e. The van der Waals surface area contributed by atoms with Crippen molar-refractivity contribution in [3.8, 4) is 5.75 Å². The highest BCUT2D eigenvalue weighted by Gasteiger charge is 2.14. The number of nitrogens with two attached hydrogens (primary N) is 1. The van der Waals surface area contributed by atoms with Crippen LogP contribution in [0.25, 0.3) is 10.8 Å². The summed E-state index contributed by atoms with van der Waals surface area (Å²) in [4.78, 5) is 4.30. The van der Waals surface area contributed by atoms with Crippen LogP contribution in [0.15, 0.2) is 59.3 Å². The molecule has 2 N–H and O–H groups in total. The molecule has 3 aromatic rings. The van der Waals surface area contributed by atoms with Crippen LogP contribution in [-0.2, 0) is 0 Å². The summed E-state index contributed by atoms with van der Waals surface area (Å²) in [6, 6.07) is 13.8. The number of ether oxygens (including phenoxy) is 1. The monoisotopic (exact) mass is 342 g/mol. The van der Waals surface area contributed by atoms with Gasteiger partial charge in [-0.25, -0.2) is 0 Å². The summed E-state index contributed by atoms with van der Waals surface area (Å²) < 4.78 is 6.15. The van der Waals surface area contributed by atoms with Crippen LogP contribution < -0.4 is 10.5 Å². The van der Waals surface area contributed by atoms with Gasteiger partial charge in [0.05, 0.1) is 17.6 Å². The van der Waals surface area contributed by atoms with E-state index in [2.05, 4.69) is 27.0 Å². The lowest BCUT2D eigenvalue weighted by molar-refractivity contribution is 0.412. The second-order valence-corrected chi connectivity index (χ2v) is 5.68. The lowest BCUT2D eigenvalue weighted by Gasteiger charge is -2.16. The number of hydrogen-bond acceptors (Lipinski definition) is 3. The van der Waals surface area contributed by atoms with Gasteiger partial charge in [-0.05, 0) is 44.6 Å². The molecule has 106 valence electrons. The maximum Gasteiger partial charge on any atom is 0.133 e. The second kappa shape index (κ2) is 5.84. The van der Waals surface area contributed by atoms with Crippen LogP contribution in [-0.4, -0.2) is 12.1 Å². The Kier molecular flexibility index (Phi) is 3.90. The summed E-state index contributed by atoms with van der Waals surface area (Å²) in [6.07, 6.45) is 3.70. The smallest absolute Gasteiger partial charge is 0.133 e. The number of benzene rings is 2. The third-order valence-electron chi connectivity index (χ3n) is 3.57. The summed E-state index contributed by atoms with van der Waals surface area (Å²) in [5, 5.41) is 2.23. The Bertz CT molecular complexity index is 783. The first-order valence-corrected chi connectivity index (χ1v) is 7.41. The molecule has 3 nitrogen and oxygen atoms in total. The van der Waals surface area contributed by atoms with Crippen LogP contribution in [0.4, 0.5) is 0 Å². The first kappa shape index (κ1) is 14.0. The van der Waals surface area contributed by atoms with E-state index in [1.807, 2.05) is 48.8 Å². The molecule has 1 heterocycles. The van der Waals surface area contributed by atoms with Gasteiger partial charge < -0.3 is 10.5 Å². The Labute approximate surface area is 131 Å². The van der Waals surface area contributed by atoms with Crippen LogP contribution in [0.5, 0.6) is 5.75 Å². The highest BCUT2D eigenvalue weighted by molar-refractivity contribution is 9.10. The van der Waals surface area contributed by atoms with E-state index in [1.165, 1.54) is 0 Å². The van der Waals surface area contributed by atoms with Gasteiger partial charge in [-0.3, -0.25) is 4.98 Å². The molecular formula is C17H15BrN2O. The molecule has 1 unspecified atom stereocenters. The minimum atomic E-state index is -0.231. The van der Waals surface area contributed by atoms with E-state index < -0.39 is 0 Å². The van der Waals surface area contributed by atoms with E-state index in [9.17, 15) is 0 Å². The van der Waals surface area contributed by atoms with Gasteiger partial charge in [0.1, 0.15) is 5.75 Å². The molecule has 2 aromatic carbocycles. The maximum atomic E-state index is 6.44. The van der Waals surface area contributed by atoms with Gasteiger partial charge >= 0.3 is 0 Å².